The third kappa shape index (κ3) is 1.56. The van der Waals surface area contributed by atoms with Crippen LogP contribution in [0.15, 0.2) is 4.52 Å². The highest BCUT2D eigenvalue weighted by Crippen LogP contribution is 2.29. The van der Waals surface area contributed by atoms with Gasteiger partial charge in [-0.3, -0.25) is 0 Å². The SMILES string of the molecule is Cc1noc(C)c1C(C)(N)C(F)F. The third-order valence-corrected chi connectivity index (χ3v) is 2.03. The van der Waals surface area contributed by atoms with E-state index >= 15 is 0 Å². The summed E-state index contributed by atoms with van der Waals surface area (Å²) in [5.41, 5.74) is 4.50. The van der Waals surface area contributed by atoms with Gasteiger partial charge in [0.15, 0.2) is 0 Å². The topological polar surface area (TPSA) is 52.0 Å². The first kappa shape index (κ1) is 10.1. The zero-order valence-electron chi connectivity index (χ0n) is 7.77. The molecule has 1 unspecified atom stereocenters. The fraction of sp³-hybridized carbons (Fsp3) is 0.625. The van der Waals surface area contributed by atoms with Gasteiger partial charge in [0.05, 0.1) is 5.69 Å². The Morgan fingerprint density at radius 1 is 1.46 bits per heavy atom. The van der Waals surface area contributed by atoms with E-state index < -0.39 is 12.0 Å². The molecular formula is C8H12F2N2O. The molecule has 0 radical (unpaired) electrons. The Bertz CT molecular complexity index is 288. The van der Waals surface area contributed by atoms with Crippen molar-refractivity contribution in [2.75, 3.05) is 0 Å². The Morgan fingerprint density at radius 3 is 2.31 bits per heavy atom. The first-order valence-electron chi connectivity index (χ1n) is 3.87. The number of hydrogen-bond donors (Lipinski definition) is 1. The van der Waals surface area contributed by atoms with Gasteiger partial charge < -0.3 is 10.3 Å². The molecule has 0 saturated carbocycles. The molecule has 0 aliphatic carbocycles. The molecule has 1 rings (SSSR count). The lowest BCUT2D eigenvalue weighted by atomic mass is 9.92. The molecule has 0 amide bonds. The summed E-state index contributed by atoms with van der Waals surface area (Å²) in [5.74, 6) is 0.350. The summed E-state index contributed by atoms with van der Waals surface area (Å²) in [5, 5.41) is 3.58. The van der Waals surface area contributed by atoms with Crippen LogP contribution < -0.4 is 5.73 Å². The average molecular weight is 190 g/mol. The number of nitrogens with zero attached hydrogens (tertiary/aromatic N) is 1. The van der Waals surface area contributed by atoms with Crippen molar-refractivity contribution in [1.29, 1.82) is 0 Å². The van der Waals surface area contributed by atoms with Crippen molar-refractivity contribution in [2.24, 2.45) is 5.73 Å². The van der Waals surface area contributed by atoms with Crippen molar-refractivity contribution in [2.45, 2.75) is 32.7 Å². The number of rotatable bonds is 2. The highest BCUT2D eigenvalue weighted by molar-refractivity contribution is 5.29. The lowest BCUT2D eigenvalue weighted by molar-refractivity contribution is 0.0613. The summed E-state index contributed by atoms with van der Waals surface area (Å²) in [6.07, 6.45) is -2.63. The molecule has 1 aromatic rings. The Morgan fingerprint density at radius 2 is 2.00 bits per heavy atom. The molecule has 74 valence electrons. The lowest BCUT2D eigenvalue weighted by Crippen LogP contribution is -2.41. The molecular weight excluding hydrogens is 178 g/mol. The van der Waals surface area contributed by atoms with Crippen molar-refractivity contribution < 1.29 is 13.3 Å². The zero-order valence-corrected chi connectivity index (χ0v) is 7.77. The lowest BCUT2D eigenvalue weighted by Gasteiger charge is -2.23. The van der Waals surface area contributed by atoms with Gasteiger partial charge in [-0.15, -0.1) is 0 Å². The summed E-state index contributed by atoms with van der Waals surface area (Å²) in [6, 6.07) is 0. The van der Waals surface area contributed by atoms with Crippen molar-refractivity contribution in [1.82, 2.24) is 5.16 Å². The van der Waals surface area contributed by atoms with E-state index in [-0.39, 0.29) is 0 Å². The highest BCUT2D eigenvalue weighted by atomic mass is 19.3. The molecule has 13 heavy (non-hydrogen) atoms. The minimum Gasteiger partial charge on any atom is -0.361 e. The second kappa shape index (κ2) is 3.06. The van der Waals surface area contributed by atoms with Gasteiger partial charge in [0.2, 0.25) is 0 Å². The van der Waals surface area contributed by atoms with Gasteiger partial charge in [-0.1, -0.05) is 5.16 Å². The minimum absolute atomic E-state index is 0.294. The minimum atomic E-state index is -2.63. The van der Waals surface area contributed by atoms with Crippen LogP contribution in [0.4, 0.5) is 8.78 Å². The van der Waals surface area contributed by atoms with E-state index in [1.807, 2.05) is 0 Å². The van der Waals surface area contributed by atoms with E-state index in [0.717, 1.165) is 0 Å². The Balaban J connectivity index is 3.20. The fourth-order valence-corrected chi connectivity index (χ4v) is 1.36. The normalized spacial score (nSPS) is 16.2. The monoisotopic (exact) mass is 190 g/mol. The molecule has 0 fully saturated rings. The fourth-order valence-electron chi connectivity index (χ4n) is 1.36. The van der Waals surface area contributed by atoms with E-state index in [9.17, 15) is 8.78 Å². The maximum absolute atomic E-state index is 12.5. The van der Waals surface area contributed by atoms with Gasteiger partial charge in [-0.25, -0.2) is 8.78 Å². The molecule has 2 N–H and O–H groups in total. The number of hydrogen-bond acceptors (Lipinski definition) is 3. The van der Waals surface area contributed by atoms with Crippen LogP contribution in [0.25, 0.3) is 0 Å². The molecule has 0 aromatic carbocycles. The Labute approximate surface area is 74.9 Å². The van der Waals surface area contributed by atoms with Crippen LogP contribution in [0.5, 0.6) is 0 Å². The van der Waals surface area contributed by atoms with Crippen molar-refractivity contribution in [3.63, 3.8) is 0 Å². The number of aryl methyl sites for hydroxylation is 2. The Kier molecular flexibility index (Phi) is 2.38. The summed E-state index contributed by atoms with van der Waals surface area (Å²) >= 11 is 0. The van der Waals surface area contributed by atoms with E-state index in [0.29, 0.717) is 17.0 Å². The second-order valence-corrected chi connectivity index (χ2v) is 3.28. The molecule has 0 spiro atoms. The number of aromatic nitrogens is 1. The van der Waals surface area contributed by atoms with E-state index in [1.165, 1.54) is 6.92 Å². The first-order valence-corrected chi connectivity index (χ1v) is 3.87. The van der Waals surface area contributed by atoms with Gasteiger partial charge in [-0.05, 0) is 20.8 Å². The molecule has 1 heterocycles. The van der Waals surface area contributed by atoms with Crippen LogP contribution in [-0.2, 0) is 5.54 Å². The molecule has 3 nitrogen and oxygen atoms in total. The second-order valence-electron chi connectivity index (χ2n) is 3.28. The molecule has 1 aromatic heterocycles. The van der Waals surface area contributed by atoms with Gasteiger partial charge >= 0.3 is 0 Å². The number of alkyl halides is 2. The predicted molar refractivity (Wildman–Crippen MR) is 43.5 cm³/mol. The summed E-state index contributed by atoms with van der Waals surface area (Å²) in [7, 11) is 0. The van der Waals surface area contributed by atoms with Gasteiger partial charge in [0, 0.05) is 5.56 Å². The Hall–Kier alpha value is -0.970. The first-order chi connectivity index (χ1) is 5.87. The van der Waals surface area contributed by atoms with E-state index in [2.05, 4.69) is 5.16 Å². The summed E-state index contributed by atoms with van der Waals surface area (Å²) in [4.78, 5) is 0. The number of halogens is 2. The maximum atomic E-state index is 12.5. The van der Waals surface area contributed by atoms with Crippen molar-refractivity contribution >= 4 is 0 Å². The van der Waals surface area contributed by atoms with Crippen LogP contribution in [-0.4, -0.2) is 11.6 Å². The molecule has 5 heteroatoms. The molecule has 0 bridgehead atoms. The molecule has 0 aliphatic heterocycles. The largest absolute Gasteiger partial charge is 0.361 e. The van der Waals surface area contributed by atoms with Gasteiger partial charge in [0.25, 0.3) is 6.43 Å². The van der Waals surface area contributed by atoms with Crippen molar-refractivity contribution in [3.05, 3.63) is 17.0 Å². The quantitative estimate of drug-likeness (QED) is 0.772. The average Bonchev–Trinajstić information content (AvgIpc) is 2.30. The molecule has 0 saturated heterocycles. The van der Waals surface area contributed by atoms with Crippen molar-refractivity contribution in [3.8, 4) is 0 Å². The third-order valence-electron chi connectivity index (χ3n) is 2.03. The van der Waals surface area contributed by atoms with Gasteiger partial charge in [0.1, 0.15) is 11.3 Å². The summed E-state index contributed by atoms with van der Waals surface area (Å²) < 4.78 is 29.9. The highest BCUT2D eigenvalue weighted by Gasteiger charge is 2.37. The smallest absolute Gasteiger partial charge is 0.260 e. The van der Waals surface area contributed by atoms with Crippen LogP contribution in [0.1, 0.15) is 23.9 Å². The van der Waals surface area contributed by atoms with Crippen LogP contribution in [0.2, 0.25) is 0 Å². The molecule has 0 aliphatic rings. The van der Waals surface area contributed by atoms with E-state index in [1.54, 1.807) is 13.8 Å². The zero-order chi connectivity index (χ0) is 10.2. The molecule has 1 atom stereocenters. The standard InChI is InChI=1S/C8H12F2N2O/c1-4-6(5(2)13-12-4)8(3,11)7(9)10/h7H,11H2,1-3H3. The predicted octanol–water partition coefficient (Wildman–Crippen LogP) is 1.73. The van der Waals surface area contributed by atoms with Crippen LogP contribution in [0.3, 0.4) is 0 Å². The summed E-state index contributed by atoms with van der Waals surface area (Å²) in [6.45, 7) is 4.44. The van der Waals surface area contributed by atoms with E-state index in [4.69, 9.17) is 10.3 Å². The van der Waals surface area contributed by atoms with Crippen LogP contribution >= 0.6 is 0 Å². The maximum Gasteiger partial charge on any atom is 0.260 e. The van der Waals surface area contributed by atoms with Crippen LogP contribution in [0, 0.1) is 13.8 Å². The number of nitrogens with two attached hydrogens (primary N) is 1. The van der Waals surface area contributed by atoms with Gasteiger partial charge in [-0.2, -0.15) is 0 Å².